The first-order valence-corrected chi connectivity index (χ1v) is 2.31. The predicted octanol–water partition coefficient (Wildman–Crippen LogP) is 1.76. The second kappa shape index (κ2) is 2.21. The van der Waals surface area contributed by atoms with Crippen LogP contribution >= 0.6 is 0 Å². The Hall–Kier alpha value is -1.18. The molecule has 0 atom stereocenters. The molecule has 0 bridgehead atoms. The minimum Gasteiger partial charge on any atom is -0.145 e. The molecule has 0 aromatic rings. The summed E-state index contributed by atoms with van der Waals surface area (Å²) in [6, 6.07) is 0. The Morgan fingerprint density at radius 2 is 2.00 bits per heavy atom. The molecule has 0 fully saturated rings. The van der Waals surface area contributed by atoms with Gasteiger partial charge in [-0.2, -0.15) is 0 Å². The van der Waals surface area contributed by atoms with Crippen LogP contribution in [0.4, 0.5) is 0 Å². The van der Waals surface area contributed by atoms with Crippen LogP contribution in [0.25, 0.3) is 0 Å². The summed E-state index contributed by atoms with van der Waals surface area (Å²) in [5.74, 6) is 0. The van der Waals surface area contributed by atoms with Crippen LogP contribution in [0.3, 0.4) is 0 Å². The first-order valence-electron chi connectivity index (χ1n) is 2.31. The fourth-order valence-electron chi connectivity index (χ4n) is 0.536. The molecule has 0 unspecified atom stereocenters. The fourth-order valence-corrected chi connectivity index (χ4v) is 0.536. The Morgan fingerprint density at radius 3 is 2.50 bits per heavy atom. The Kier molecular flexibility index (Phi) is 1.37. The molecule has 2 nitrogen and oxygen atoms in total. The van der Waals surface area contributed by atoms with Gasteiger partial charge >= 0.3 is 0 Å². The molecule has 0 aromatic carbocycles. The molecule has 0 saturated carbocycles. The van der Waals surface area contributed by atoms with Crippen LogP contribution in [0.1, 0.15) is 0 Å². The molecule has 2 heteroatoms. The molecule has 0 radical (unpaired) electrons. The molecule has 40 valence electrons. The lowest BCUT2D eigenvalue weighted by molar-refractivity contribution is 1.49. The van der Waals surface area contributed by atoms with E-state index in [0.29, 0.717) is 0 Å². The van der Waals surface area contributed by atoms with E-state index < -0.39 is 0 Å². The van der Waals surface area contributed by atoms with Crippen molar-refractivity contribution in [1.82, 2.24) is 0 Å². The van der Waals surface area contributed by atoms with E-state index in [1.54, 1.807) is 0 Å². The van der Waals surface area contributed by atoms with Crippen molar-refractivity contribution < 1.29 is 0 Å². The summed E-state index contributed by atoms with van der Waals surface area (Å²) in [4.78, 5) is 9.57. The third-order valence-corrected chi connectivity index (χ3v) is 0.890. The van der Waals surface area contributed by atoms with Gasteiger partial charge in [-0.25, -0.2) is 0 Å². The summed E-state index contributed by atoms with van der Waals surface area (Å²) in [5.41, 5.74) is 0.861. The van der Waals surface area contributed by atoms with E-state index in [9.17, 15) is 4.91 Å². The Morgan fingerprint density at radius 1 is 1.38 bits per heavy atom. The van der Waals surface area contributed by atoms with Crippen LogP contribution in [-0.2, 0) is 0 Å². The van der Waals surface area contributed by atoms with Gasteiger partial charge in [-0.05, 0) is 10.7 Å². The van der Waals surface area contributed by atoms with Crippen LogP contribution in [0, 0.1) is 4.91 Å². The maximum atomic E-state index is 9.57. The number of rotatable bonds is 1. The second-order valence-corrected chi connectivity index (χ2v) is 1.45. The summed E-state index contributed by atoms with van der Waals surface area (Å²) in [7, 11) is 0. The molecule has 0 aromatic heterocycles. The maximum absolute atomic E-state index is 9.57. The van der Waals surface area contributed by atoms with Gasteiger partial charge in [0.2, 0.25) is 0 Å². The highest BCUT2D eigenvalue weighted by atomic mass is 16.2. The average molecular weight is 107 g/mol. The van der Waals surface area contributed by atoms with Crippen molar-refractivity contribution in [1.29, 1.82) is 0 Å². The van der Waals surface area contributed by atoms with Crippen molar-refractivity contribution in [3.05, 3.63) is 41.0 Å². The van der Waals surface area contributed by atoms with Crippen molar-refractivity contribution >= 4 is 0 Å². The van der Waals surface area contributed by atoms with Crippen molar-refractivity contribution in [2.24, 2.45) is 5.18 Å². The molecule has 1 aliphatic rings. The standard InChI is InChI=1S/C6H5NO/c8-7-5-6-3-1-2-4-6/h1-5H. The van der Waals surface area contributed by atoms with E-state index in [1.165, 1.54) is 6.20 Å². The van der Waals surface area contributed by atoms with Crippen LogP contribution < -0.4 is 0 Å². The van der Waals surface area contributed by atoms with Gasteiger partial charge in [-0.15, -0.1) is 4.91 Å². The van der Waals surface area contributed by atoms with Crippen LogP contribution in [-0.4, -0.2) is 0 Å². The molecule has 0 spiro atoms. The monoisotopic (exact) mass is 107 g/mol. The van der Waals surface area contributed by atoms with Gasteiger partial charge < -0.3 is 0 Å². The number of hydrogen-bond donors (Lipinski definition) is 0. The molecule has 1 rings (SSSR count). The van der Waals surface area contributed by atoms with Gasteiger partial charge in [-0.1, -0.05) is 24.3 Å². The van der Waals surface area contributed by atoms with E-state index in [2.05, 4.69) is 5.18 Å². The normalized spacial score (nSPS) is 14.8. The zero-order chi connectivity index (χ0) is 5.82. The largest absolute Gasteiger partial charge is 0.145 e. The molecule has 0 N–H and O–H groups in total. The van der Waals surface area contributed by atoms with Gasteiger partial charge in [-0.3, -0.25) is 0 Å². The van der Waals surface area contributed by atoms with Crippen molar-refractivity contribution in [3.63, 3.8) is 0 Å². The molecule has 0 aliphatic heterocycles. The van der Waals surface area contributed by atoms with Crippen LogP contribution in [0.5, 0.6) is 0 Å². The van der Waals surface area contributed by atoms with Crippen LogP contribution in [0.15, 0.2) is 41.3 Å². The highest BCUT2D eigenvalue weighted by Gasteiger charge is 1.87. The first kappa shape index (κ1) is 4.97. The van der Waals surface area contributed by atoms with E-state index in [1.807, 2.05) is 24.3 Å². The molecule has 0 amide bonds. The van der Waals surface area contributed by atoms with Gasteiger partial charge in [0.1, 0.15) is 0 Å². The van der Waals surface area contributed by atoms with Crippen molar-refractivity contribution in [3.8, 4) is 0 Å². The third kappa shape index (κ3) is 0.904. The summed E-state index contributed by atoms with van der Waals surface area (Å²) < 4.78 is 0. The minimum absolute atomic E-state index is 0.861. The zero-order valence-corrected chi connectivity index (χ0v) is 4.24. The number of nitrogens with zero attached hydrogens (tertiary/aromatic N) is 1. The maximum Gasteiger partial charge on any atom is 0.0787 e. The Balaban J connectivity index is 2.74. The van der Waals surface area contributed by atoms with Gasteiger partial charge in [0.25, 0.3) is 0 Å². The highest BCUT2D eigenvalue weighted by molar-refractivity contribution is 5.39. The van der Waals surface area contributed by atoms with E-state index in [0.717, 1.165) is 5.57 Å². The number of allylic oxidation sites excluding steroid dienone is 5. The Bertz CT molecular complexity index is 163. The third-order valence-electron chi connectivity index (χ3n) is 0.890. The lowest BCUT2D eigenvalue weighted by Gasteiger charge is -1.76. The van der Waals surface area contributed by atoms with Gasteiger partial charge in [0.15, 0.2) is 0 Å². The molecule has 0 heterocycles. The fraction of sp³-hybridized carbons (Fsp3) is 0. The summed E-state index contributed by atoms with van der Waals surface area (Å²) >= 11 is 0. The molecule has 8 heavy (non-hydrogen) atoms. The molecule has 0 saturated heterocycles. The minimum atomic E-state index is 0.861. The lowest BCUT2D eigenvalue weighted by atomic mass is 10.3. The number of hydrogen-bond acceptors (Lipinski definition) is 2. The quantitative estimate of drug-likeness (QED) is 0.469. The van der Waals surface area contributed by atoms with E-state index >= 15 is 0 Å². The topological polar surface area (TPSA) is 29.4 Å². The van der Waals surface area contributed by atoms with Crippen molar-refractivity contribution in [2.45, 2.75) is 0 Å². The average Bonchev–Trinajstić information content (AvgIpc) is 2.19. The zero-order valence-electron chi connectivity index (χ0n) is 4.24. The molecular formula is C6H5NO. The van der Waals surface area contributed by atoms with E-state index in [4.69, 9.17) is 0 Å². The summed E-state index contributed by atoms with van der Waals surface area (Å²) in [6.45, 7) is 0. The van der Waals surface area contributed by atoms with Crippen molar-refractivity contribution in [2.75, 3.05) is 0 Å². The first-order chi connectivity index (χ1) is 3.93. The van der Waals surface area contributed by atoms with Gasteiger partial charge in [0.05, 0.1) is 6.20 Å². The smallest absolute Gasteiger partial charge is 0.0787 e. The lowest BCUT2D eigenvalue weighted by Crippen LogP contribution is -1.59. The SMILES string of the molecule is O=NC=C1C=CC=C1. The van der Waals surface area contributed by atoms with Gasteiger partial charge in [0, 0.05) is 0 Å². The van der Waals surface area contributed by atoms with E-state index in [-0.39, 0.29) is 0 Å². The van der Waals surface area contributed by atoms with Crippen LogP contribution in [0.2, 0.25) is 0 Å². The summed E-state index contributed by atoms with van der Waals surface area (Å²) in [5, 5.41) is 2.60. The highest BCUT2D eigenvalue weighted by Crippen LogP contribution is 2.05. The molecule has 1 aliphatic carbocycles. The second-order valence-electron chi connectivity index (χ2n) is 1.45. The summed E-state index contributed by atoms with van der Waals surface area (Å²) in [6.07, 6.45) is 8.64. The Labute approximate surface area is 47.2 Å². The number of nitroso groups, excluding NO2 is 1. The molecular weight excluding hydrogens is 102 g/mol. The predicted molar refractivity (Wildman–Crippen MR) is 32.2 cm³/mol.